The van der Waals surface area contributed by atoms with Crippen LogP contribution in [0.2, 0.25) is 5.04 Å². The maximum atomic E-state index is 11.4. The van der Waals surface area contributed by atoms with E-state index >= 15 is 0 Å². The molecule has 2 aromatic rings. The zero-order chi connectivity index (χ0) is 23.5. The van der Waals surface area contributed by atoms with Gasteiger partial charge in [0.25, 0.3) is 8.32 Å². The maximum Gasteiger partial charge on any atom is 0.261 e. The monoisotopic (exact) mass is 452 g/mol. The van der Waals surface area contributed by atoms with Crippen molar-refractivity contribution in [1.29, 1.82) is 0 Å². The predicted molar refractivity (Wildman–Crippen MR) is 140 cm³/mol. The van der Waals surface area contributed by atoms with Crippen LogP contribution < -0.4 is 10.4 Å². The van der Waals surface area contributed by atoms with Gasteiger partial charge in [0.1, 0.15) is 6.29 Å². The van der Waals surface area contributed by atoms with Crippen LogP contribution >= 0.6 is 0 Å². The van der Waals surface area contributed by atoms with Gasteiger partial charge in [0, 0.05) is 12.5 Å². The van der Waals surface area contributed by atoms with E-state index in [4.69, 9.17) is 4.43 Å². The van der Waals surface area contributed by atoms with Crippen molar-refractivity contribution in [1.82, 2.24) is 0 Å². The summed E-state index contributed by atoms with van der Waals surface area (Å²) < 4.78 is 7.40. The van der Waals surface area contributed by atoms with Crippen LogP contribution in [0.25, 0.3) is 0 Å². The Kier molecular flexibility index (Phi) is 10.9. The van der Waals surface area contributed by atoms with E-state index in [1.54, 1.807) is 0 Å². The van der Waals surface area contributed by atoms with Gasteiger partial charge >= 0.3 is 0 Å². The Bertz CT molecular complexity index is 727. The van der Waals surface area contributed by atoms with Crippen LogP contribution in [-0.2, 0) is 9.22 Å². The van der Waals surface area contributed by atoms with Gasteiger partial charge in [-0.2, -0.15) is 0 Å². The highest BCUT2D eigenvalue weighted by Gasteiger charge is 2.51. The van der Waals surface area contributed by atoms with Gasteiger partial charge in [-0.25, -0.2) is 0 Å². The molecule has 0 N–H and O–H groups in total. The molecule has 0 spiro atoms. The van der Waals surface area contributed by atoms with Crippen LogP contribution in [0.4, 0.5) is 0 Å². The molecule has 2 aromatic carbocycles. The SMILES string of the molecule is CCCCCCCC[C@H](O[Si](c1ccccc1)(c1ccccc1)C(C)(C)C)[C@H](C)CC=O. The topological polar surface area (TPSA) is 26.3 Å². The van der Waals surface area contributed by atoms with Crippen molar-refractivity contribution >= 4 is 25.0 Å². The smallest absolute Gasteiger partial charge is 0.261 e. The van der Waals surface area contributed by atoms with E-state index in [-0.39, 0.29) is 17.1 Å². The lowest BCUT2D eigenvalue weighted by Crippen LogP contribution is -2.68. The molecule has 0 saturated carbocycles. The standard InChI is InChI=1S/C29H44O2Si/c1-6-7-8-9-10-17-22-28(25(2)23-24-30)31-32(29(3,4)5,26-18-13-11-14-19-26)27-20-15-12-16-21-27/h11-16,18-21,24-25,28H,6-10,17,22-23H2,1-5H3/t25-,28+/m1/s1. The minimum atomic E-state index is -2.60. The molecule has 2 nitrogen and oxygen atoms in total. The molecule has 2 atom stereocenters. The zero-order valence-electron chi connectivity index (χ0n) is 21.0. The average Bonchev–Trinajstić information content (AvgIpc) is 2.78. The van der Waals surface area contributed by atoms with Crippen molar-refractivity contribution < 1.29 is 9.22 Å². The van der Waals surface area contributed by atoms with Crippen molar-refractivity contribution in [2.24, 2.45) is 5.92 Å². The Hall–Kier alpha value is -1.71. The number of hydrogen-bond acceptors (Lipinski definition) is 2. The van der Waals surface area contributed by atoms with Crippen LogP contribution in [0.15, 0.2) is 60.7 Å². The van der Waals surface area contributed by atoms with Gasteiger partial charge in [0.2, 0.25) is 0 Å². The number of carbonyl (C=O) groups is 1. The van der Waals surface area contributed by atoms with E-state index in [0.29, 0.717) is 6.42 Å². The number of rotatable bonds is 14. The summed E-state index contributed by atoms with van der Waals surface area (Å²) >= 11 is 0. The highest BCUT2D eigenvalue weighted by molar-refractivity contribution is 6.99. The van der Waals surface area contributed by atoms with Crippen LogP contribution in [0.5, 0.6) is 0 Å². The Morgan fingerprint density at radius 3 is 1.81 bits per heavy atom. The Morgan fingerprint density at radius 2 is 1.34 bits per heavy atom. The fourth-order valence-electron chi connectivity index (χ4n) is 4.81. The van der Waals surface area contributed by atoms with Crippen LogP contribution in [0.1, 0.15) is 86.0 Å². The summed E-state index contributed by atoms with van der Waals surface area (Å²) in [5.41, 5.74) is 0. The van der Waals surface area contributed by atoms with Gasteiger partial charge in [-0.1, -0.05) is 134 Å². The van der Waals surface area contributed by atoms with Crippen molar-refractivity contribution in [2.75, 3.05) is 0 Å². The van der Waals surface area contributed by atoms with Gasteiger partial charge in [-0.3, -0.25) is 0 Å². The first-order valence-corrected chi connectivity index (χ1v) is 14.5. The van der Waals surface area contributed by atoms with E-state index in [1.165, 1.54) is 42.5 Å². The molecule has 32 heavy (non-hydrogen) atoms. The molecule has 2 rings (SSSR count). The van der Waals surface area contributed by atoms with E-state index < -0.39 is 8.32 Å². The van der Waals surface area contributed by atoms with Crippen LogP contribution in [-0.4, -0.2) is 20.7 Å². The molecule has 0 radical (unpaired) electrons. The van der Waals surface area contributed by atoms with E-state index in [9.17, 15) is 4.79 Å². The summed E-state index contributed by atoms with van der Waals surface area (Å²) in [4.78, 5) is 11.4. The minimum absolute atomic E-state index is 0.0457. The Morgan fingerprint density at radius 1 is 0.844 bits per heavy atom. The first kappa shape index (κ1) is 26.5. The van der Waals surface area contributed by atoms with Crippen molar-refractivity contribution in [3.8, 4) is 0 Å². The average molecular weight is 453 g/mol. The van der Waals surface area contributed by atoms with E-state index in [0.717, 1.165) is 19.1 Å². The molecular formula is C29H44O2Si. The normalized spacial score (nSPS) is 14.2. The zero-order valence-corrected chi connectivity index (χ0v) is 22.0. The van der Waals surface area contributed by atoms with E-state index in [2.05, 4.69) is 95.3 Å². The molecule has 0 unspecified atom stereocenters. The molecule has 0 heterocycles. The summed E-state index contributed by atoms with van der Waals surface area (Å²) in [5, 5.41) is 2.57. The molecule has 0 aliphatic heterocycles. The largest absolute Gasteiger partial charge is 0.404 e. The highest BCUT2D eigenvalue weighted by Crippen LogP contribution is 2.39. The molecule has 176 valence electrons. The summed E-state index contributed by atoms with van der Waals surface area (Å²) in [5.74, 6) is 0.213. The van der Waals surface area contributed by atoms with Gasteiger partial charge in [-0.05, 0) is 27.8 Å². The molecule has 0 amide bonds. The third-order valence-electron chi connectivity index (χ3n) is 6.69. The van der Waals surface area contributed by atoms with E-state index in [1.807, 2.05) is 0 Å². The minimum Gasteiger partial charge on any atom is -0.404 e. The molecule has 0 fully saturated rings. The maximum absolute atomic E-state index is 11.4. The van der Waals surface area contributed by atoms with Gasteiger partial charge in [0.05, 0.1) is 0 Å². The second kappa shape index (κ2) is 13.1. The number of unbranched alkanes of at least 4 members (excludes halogenated alkanes) is 5. The number of hydrogen-bond donors (Lipinski definition) is 0. The first-order chi connectivity index (χ1) is 15.4. The quantitative estimate of drug-likeness (QED) is 0.177. The molecule has 0 aliphatic rings. The Labute approximate surface area is 197 Å². The second-order valence-corrected chi connectivity index (χ2v) is 14.5. The third kappa shape index (κ3) is 6.89. The molecule has 3 heteroatoms. The predicted octanol–water partition coefficient (Wildman–Crippen LogP) is 6.91. The van der Waals surface area contributed by atoms with Crippen molar-refractivity contribution in [2.45, 2.75) is 97.1 Å². The number of aldehydes is 1. The molecular weight excluding hydrogens is 408 g/mol. The molecule has 0 saturated heterocycles. The van der Waals surface area contributed by atoms with Crippen molar-refractivity contribution in [3.05, 3.63) is 60.7 Å². The molecule has 0 aromatic heterocycles. The fourth-order valence-corrected chi connectivity index (χ4v) is 9.63. The lowest BCUT2D eigenvalue weighted by atomic mass is 9.96. The van der Waals surface area contributed by atoms with Crippen LogP contribution in [0.3, 0.4) is 0 Å². The summed E-state index contributed by atoms with van der Waals surface area (Å²) in [6.07, 6.45) is 10.3. The number of carbonyl (C=O) groups excluding carboxylic acids is 1. The van der Waals surface area contributed by atoms with Crippen molar-refractivity contribution in [3.63, 3.8) is 0 Å². The Balaban J connectivity index is 2.42. The third-order valence-corrected chi connectivity index (χ3v) is 11.8. The summed E-state index contributed by atoms with van der Waals surface area (Å²) in [7, 11) is -2.60. The summed E-state index contributed by atoms with van der Waals surface area (Å²) in [6, 6.07) is 21.7. The fraction of sp³-hybridized carbons (Fsp3) is 0.552. The molecule has 0 aliphatic carbocycles. The van der Waals surface area contributed by atoms with Gasteiger partial charge in [-0.15, -0.1) is 0 Å². The lowest BCUT2D eigenvalue weighted by Gasteiger charge is -2.46. The van der Waals surface area contributed by atoms with Crippen LogP contribution in [0, 0.1) is 5.92 Å². The van der Waals surface area contributed by atoms with Gasteiger partial charge < -0.3 is 9.22 Å². The first-order valence-electron chi connectivity index (χ1n) is 12.6. The second-order valence-electron chi connectivity index (χ2n) is 10.3. The van der Waals surface area contributed by atoms with Gasteiger partial charge in [0.15, 0.2) is 0 Å². The highest BCUT2D eigenvalue weighted by atomic mass is 28.4. The lowest BCUT2D eigenvalue weighted by molar-refractivity contribution is -0.109. The number of benzene rings is 2. The molecule has 0 bridgehead atoms. The summed E-state index contributed by atoms with van der Waals surface area (Å²) in [6.45, 7) is 11.4.